The minimum atomic E-state index is -0.311. The van der Waals surface area contributed by atoms with E-state index in [-0.39, 0.29) is 11.0 Å². The highest BCUT2D eigenvalue weighted by atomic mass is 79.9. The quantitative estimate of drug-likeness (QED) is 0.690. The summed E-state index contributed by atoms with van der Waals surface area (Å²) in [5.41, 5.74) is -0.0694. The smallest absolute Gasteiger partial charge is 0.0711 e. The molecule has 2 atom stereocenters. The van der Waals surface area contributed by atoms with Gasteiger partial charge in [-0.25, -0.2) is 0 Å². The zero-order valence-corrected chi connectivity index (χ0v) is 9.07. The monoisotopic (exact) mass is 232 g/mol. The molecule has 1 nitrogen and oxygen atoms in total. The summed E-state index contributed by atoms with van der Waals surface area (Å²) in [6.07, 6.45) is 8.31. The standard InChI is InChI=1S/C10H17BrO/c11-8-9-4-1-2-6-10(9,12)7-3-5-9/h12H,1-8H2. The Morgan fingerprint density at radius 1 is 1.00 bits per heavy atom. The van der Waals surface area contributed by atoms with Crippen molar-refractivity contribution in [3.8, 4) is 0 Å². The molecule has 0 aliphatic heterocycles. The van der Waals surface area contributed by atoms with Gasteiger partial charge in [0, 0.05) is 10.7 Å². The second-order valence-corrected chi connectivity index (χ2v) is 5.07. The van der Waals surface area contributed by atoms with Crippen LogP contribution in [0.3, 0.4) is 0 Å². The molecule has 2 rings (SSSR count). The van der Waals surface area contributed by atoms with Crippen LogP contribution in [0.2, 0.25) is 0 Å². The normalized spacial score (nSPS) is 47.5. The van der Waals surface area contributed by atoms with Crippen LogP contribution in [-0.4, -0.2) is 16.0 Å². The Morgan fingerprint density at radius 3 is 2.25 bits per heavy atom. The van der Waals surface area contributed by atoms with Crippen molar-refractivity contribution in [1.82, 2.24) is 0 Å². The van der Waals surface area contributed by atoms with Crippen LogP contribution in [0.1, 0.15) is 44.9 Å². The second kappa shape index (κ2) is 2.98. The summed E-state index contributed by atoms with van der Waals surface area (Å²) in [5.74, 6) is 0. The van der Waals surface area contributed by atoms with Crippen molar-refractivity contribution < 1.29 is 5.11 Å². The van der Waals surface area contributed by atoms with E-state index in [9.17, 15) is 5.11 Å². The number of aliphatic hydroxyl groups is 1. The summed E-state index contributed by atoms with van der Waals surface area (Å²) in [5, 5.41) is 11.4. The van der Waals surface area contributed by atoms with Crippen molar-refractivity contribution in [2.24, 2.45) is 5.41 Å². The van der Waals surface area contributed by atoms with Crippen LogP contribution in [0.4, 0.5) is 0 Å². The molecular weight excluding hydrogens is 216 g/mol. The fourth-order valence-corrected chi connectivity index (χ4v) is 4.19. The fraction of sp³-hybridized carbons (Fsp3) is 1.00. The van der Waals surface area contributed by atoms with Crippen molar-refractivity contribution >= 4 is 15.9 Å². The maximum absolute atomic E-state index is 10.4. The summed E-state index contributed by atoms with van der Waals surface area (Å²) in [6.45, 7) is 0. The number of alkyl halides is 1. The first-order valence-electron chi connectivity index (χ1n) is 5.01. The lowest BCUT2D eigenvalue weighted by molar-refractivity contribution is -0.0786. The Balaban J connectivity index is 2.25. The molecule has 2 aliphatic rings. The van der Waals surface area contributed by atoms with Gasteiger partial charge in [-0.15, -0.1) is 0 Å². The highest BCUT2D eigenvalue weighted by Crippen LogP contribution is 2.55. The van der Waals surface area contributed by atoms with E-state index < -0.39 is 0 Å². The van der Waals surface area contributed by atoms with Crippen molar-refractivity contribution in [2.45, 2.75) is 50.5 Å². The summed E-state index contributed by atoms with van der Waals surface area (Å²) < 4.78 is 0. The van der Waals surface area contributed by atoms with E-state index in [1.807, 2.05) is 0 Å². The van der Waals surface area contributed by atoms with Crippen LogP contribution in [0.5, 0.6) is 0 Å². The number of halogens is 1. The topological polar surface area (TPSA) is 20.2 Å². The molecule has 1 N–H and O–H groups in total. The molecule has 0 aromatic heterocycles. The van der Waals surface area contributed by atoms with Crippen LogP contribution in [0, 0.1) is 5.41 Å². The molecule has 0 amide bonds. The van der Waals surface area contributed by atoms with Crippen molar-refractivity contribution in [3.63, 3.8) is 0 Å². The average molecular weight is 233 g/mol. The van der Waals surface area contributed by atoms with Gasteiger partial charge in [-0.3, -0.25) is 0 Å². The van der Waals surface area contributed by atoms with Crippen molar-refractivity contribution in [2.75, 3.05) is 5.33 Å². The van der Waals surface area contributed by atoms with Gasteiger partial charge in [-0.2, -0.15) is 0 Å². The van der Waals surface area contributed by atoms with E-state index in [0.29, 0.717) is 0 Å². The average Bonchev–Trinajstić information content (AvgIpc) is 2.42. The van der Waals surface area contributed by atoms with E-state index in [0.717, 1.165) is 18.2 Å². The van der Waals surface area contributed by atoms with Gasteiger partial charge in [-0.1, -0.05) is 28.8 Å². The predicted octanol–water partition coefficient (Wildman–Crippen LogP) is 2.86. The Labute approximate surface area is 82.7 Å². The highest BCUT2D eigenvalue weighted by molar-refractivity contribution is 9.09. The van der Waals surface area contributed by atoms with Crippen LogP contribution < -0.4 is 0 Å². The molecule has 0 bridgehead atoms. The first-order valence-corrected chi connectivity index (χ1v) is 6.13. The van der Waals surface area contributed by atoms with E-state index in [2.05, 4.69) is 15.9 Å². The maximum atomic E-state index is 10.4. The minimum absolute atomic E-state index is 0.241. The van der Waals surface area contributed by atoms with E-state index in [1.165, 1.54) is 32.1 Å². The van der Waals surface area contributed by atoms with Crippen molar-refractivity contribution in [1.29, 1.82) is 0 Å². The van der Waals surface area contributed by atoms with Crippen LogP contribution in [0.15, 0.2) is 0 Å². The van der Waals surface area contributed by atoms with Gasteiger partial charge < -0.3 is 5.11 Å². The van der Waals surface area contributed by atoms with Crippen LogP contribution >= 0.6 is 15.9 Å². The number of hydrogen-bond donors (Lipinski definition) is 1. The minimum Gasteiger partial charge on any atom is -0.389 e. The third kappa shape index (κ3) is 1.07. The molecule has 2 aliphatic carbocycles. The summed E-state index contributed by atoms with van der Waals surface area (Å²) in [6, 6.07) is 0. The maximum Gasteiger partial charge on any atom is 0.0711 e. The van der Waals surface area contributed by atoms with E-state index >= 15 is 0 Å². The van der Waals surface area contributed by atoms with Gasteiger partial charge in [0.05, 0.1) is 5.60 Å². The molecule has 0 spiro atoms. The molecule has 2 heteroatoms. The number of fused-ring (bicyclic) bond motifs is 1. The molecule has 0 saturated heterocycles. The zero-order chi connectivity index (χ0) is 8.66. The van der Waals surface area contributed by atoms with Gasteiger partial charge in [0.15, 0.2) is 0 Å². The summed E-state index contributed by atoms with van der Waals surface area (Å²) >= 11 is 3.58. The second-order valence-electron chi connectivity index (χ2n) is 4.51. The van der Waals surface area contributed by atoms with Crippen LogP contribution in [0.25, 0.3) is 0 Å². The Kier molecular flexibility index (Phi) is 2.24. The highest BCUT2D eigenvalue weighted by Gasteiger charge is 2.53. The van der Waals surface area contributed by atoms with Crippen molar-refractivity contribution in [3.05, 3.63) is 0 Å². The SMILES string of the molecule is OC12CCCCC1(CBr)CCC2. The van der Waals surface area contributed by atoms with Gasteiger partial charge >= 0.3 is 0 Å². The largest absolute Gasteiger partial charge is 0.389 e. The van der Waals surface area contributed by atoms with Crippen LogP contribution in [-0.2, 0) is 0 Å². The van der Waals surface area contributed by atoms with Gasteiger partial charge in [0.2, 0.25) is 0 Å². The predicted molar refractivity (Wildman–Crippen MR) is 53.5 cm³/mol. The van der Waals surface area contributed by atoms with Gasteiger partial charge in [0.25, 0.3) is 0 Å². The third-order valence-corrected chi connectivity index (χ3v) is 5.06. The molecule has 2 unspecified atom stereocenters. The molecule has 2 fully saturated rings. The summed E-state index contributed by atoms with van der Waals surface area (Å²) in [7, 11) is 0. The third-order valence-electron chi connectivity index (χ3n) is 3.98. The molecule has 0 radical (unpaired) electrons. The first kappa shape index (κ1) is 9.01. The number of hydrogen-bond acceptors (Lipinski definition) is 1. The zero-order valence-electron chi connectivity index (χ0n) is 7.48. The Bertz CT molecular complexity index is 183. The molecule has 0 aromatic rings. The Morgan fingerprint density at radius 2 is 1.58 bits per heavy atom. The lowest BCUT2D eigenvalue weighted by Crippen LogP contribution is -2.47. The lowest BCUT2D eigenvalue weighted by atomic mass is 9.66. The first-order chi connectivity index (χ1) is 5.72. The fourth-order valence-electron chi connectivity index (χ4n) is 3.10. The van der Waals surface area contributed by atoms with Gasteiger partial charge in [0.1, 0.15) is 0 Å². The van der Waals surface area contributed by atoms with E-state index in [4.69, 9.17) is 0 Å². The molecule has 2 saturated carbocycles. The lowest BCUT2D eigenvalue weighted by Gasteiger charge is -2.45. The molecular formula is C10H17BrO. The molecule has 0 heterocycles. The molecule has 70 valence electrons. The van der Waals surface area contributed by atoms with Gasteiger partial charge in [-0.05, 0) is 32.1 Å². The molecule has 12 heavy (non-hydrogen) atoms. The summed E-state index contributed by atoms with van der Waals surface area (Å²) in [4.78, 5) is 0. The number of rotatable bonds is 1. The Hall–Kier alpha value is 0.440. The van der Waals surface area contributed by atoms with E-state index in [1.54, 1.807) is 0 Å². The molecule has 0 aromatic carbocycles.